The predicted octanol–water partition coefficient (Wildman–Crippen LogP) is 4.22. The van der Waals surface area contributed by atoms with E-state index in [4.69, 9.17) is 14.2 Å². The molecule has 3 heterocycles. The number of ether oxygens (including phenoxy) is 3. The number of hydrogen-bond acceptors (Lipinski definition) is 7. The molecule has 10 heteroatoms. The highest BCUT2D eigenvalue weighted by Crippen LogP contribution is 2.32. The van der Waals surface area contributed by atoms with E-state index in [9.17, 15) is 9.18 Å². The monoisotopic (exact) mass is 462 g/mol. The molecular weight excluding hydrogens is 434 g/mol. The number of amides is 1. The fourth-order valence-corrected chi connectivity index (χ4v) is 4.21. The van der Waals surface area contributed by atoms with E-state index in [1.165, 1.54) is 6.07 Å². The van der Waals surface area contributed by atoms with Gasteiger partial charge < -0.3 is 19.5 Å². The van der Waals surface area contributed by atoms with Crippen molar-refractivity contribution in [2.45, 2.75) is 64.3 Å². The van der Waals surface area contributed by atoms with E-state index >= 15 is 4.39 Å². The van der Waals surface area contributed by atoms with Crippen molar-refractivity contribution in [2.75, 3.05) is 18.5 Å². The van der Waals surface area contributed by atoms with E-state index in [0.717, 1.165) is 11.9 Å². The Hall–Kier alpha value is -3.01. The third kappa shape index (κ3) is 5.16. The van der Waals surface area contributed by atoms with Gasteiger partial charge in [0, 0.05) is 12.8 Å². The molecule has 178 valence electrons. The van der Waals surface area contributed by atoms with Gasteiger partial charge in [-0.2, -0.15) is 9.37 Å². The molecule has 8 nitrogen and oxygen atoms in total. The number of fused-ring (bicyclic) bond motifs is 2. The van der Waals surface area contributed by atoms with Crippen LogP contribution in [-0.4, -0.2) is 58.5 Å². The van der Waals surface area contributed by atoms with Crippen LogP contribution in [0.5, 0.6) is 5.88 Å². The molecule has 33 heavy (non-hydrogen) atoms. The Balaban J connectivity index is 1.46. The van der Waals surface area contributed by atoms with Gasteiger partial charge in [-0.15, -0.1) is 0 Å². The Labute approximate surface area is 191 Å². The first-order valence-corrected chi connectivity index (χ1v) is 11.1. The molecule has 2 unspecified atom stereocenters. The minimum Gasteiger partial charge on any atom is -0.472 e. The summed E-state index contributed by atoms with van der Waals surface area (Å²) in [5.74, 6) is -1.70. The van der Waals surface area contributed by atoms with Gasteiger partial charge >= 0.3 is 6.09 Å². The Bertz CT molecular complexity index is 992. The highest BCUT2D eigenvalue weighted by molar-refractivity contribution is 5.69. The van der Waals surface area contributed by atoms with Gasteiger partial charge in [0.25, 0.3) is 5.88 Å². The summed E-state index contributed by atoms with van der Waals surface area (Å²) in [4.78, 5) is 22.0. The number of rotatable bonds is 6. The summed E-state index contributed by atoms with van der Waals surface area (Å²) >= 11 is 0. The van der Waals surface area contributed by atoms with Crippen molar-refractivity contribution in [3.8, 4) is 5.88 Å². The second kappa shape index (κ2) is 9.86. The molecule has 2 aromatic rings. The van der Waals surface area contributed by atoms with Crippen molar-refractivity contribution in [1.82, 2.24) is 14.9 Å². The number of anilines is 2. The van der Waals surface area contributed by atoms with E-state index in [1.54, 1.807) is 30.9 Å². The van der Waals surface area contributed by atoms with Crippen molar-refractivity contribution in [2.24, 2.45) is 0 Å². The largest absolute Gasteiger partial charge is 0.472 e. The van der Waals surface area contributed by atoms with Gasteiger partial charge in [-0.3, -0.25) is 4.90 Å². The molecule has 2 atom stereocenters. The lowest BCUT2D eigenvalue weighted by Gasteiger charge is -2.47. The summed E-state index contributed by atoms with van der Waals surface area (Å²) in [5.41, 5.74) is 0.947. The number of carbonyl (C=O) groups is 1. The van der Waals surface area contributed by atoms with E-state index in [0.29, 0.717) is 32.5 Å². The van der Waals surface area contributed by atoms with E-state index < -0.39 is 11.6 Å². The Kier molecular flexibility index (Phi) is 6.92. The summed E-state index contributed by atoms with van der Waals surface area (Å²) < 4.78 is 46.3. The van der Waals surface area contributed by atoms with Crippen LogP contribution in [0.1, 0.15) is 39.2 Å². The van der Waals surface area contributed by atoms with Crippen LogP contribution in [0.3, 0.4) is 0 Å². The number of piperidine rings is 1. The number of morpholine rings is 1. The van der Waals surface area contributed by atoms with Crippen LogP contribution in [0.15, 0.2) is 24.5 Å². The van der Waals surface area contributed by atoms with Gasteiger partial charge in [0.2, 0.25) is 5.82 Å². The molecule has 2 fully saturated rings. The van der Waals surface area contributed by atoms with Crippen molar-refractivity contribution in [1.29, 1.82) is 0 Å². The average Bonchev–Trinajstić information content (AvgIpc) is 2.76. The number of aromatic nitrogens is 2. The first-order chi connectivity index (χ1) is 15.9. The highest BCUT2D eigenvalue weighted by atomic mass is 19.1. The molecule has 2 aliphatic rings. The van der Waals surface area contributed by atoms with E-state index in [2.05, 4.69) is 15.3 Å². The number of hydrogen-bond donors (Lipinski definition) is 1. The number of nitrogens with one attached hydrogen (secondary N) is 1. The summed E-state index contributed by atoms with van der Waals surface area (Å²) in [5, 5.41) is 2.68. The van der Waals surface area contributed by atoms with Crippen LogP contribution in [0.25, 0.3) is 0 Å². The normalized spacial score (nSPS) is 22.2. The summed E-state index contributed by atoms with van der Waals surface area (Å²) in [6.45, 7) is 6.24. The first-order valence-electron chi connectivity index (χ1n) is 11.1. The van der Waals surface area contributed by atoms with Gasteiger partial charge in [-0.05, 0) is 38.0 Å². The summed E-state index contributed by atoms with van der Waals surface area (Å²) in [6, 6.07) is 4.24. The maximum atomic E-state index is 15.1. The standard InChI is InChI=1S/C23H28F2N4O4/c1-4-14-5-6-19(18(24)7-14)28-21-20(25)22(27-12-26-21)33-17-8-15-10-31-11-16(9-17)29(15)23(30)32-13(2)3/h5-7,12-13,15-17H,4,8-11H2,1-3H3,(H,26,27,28). The lowest BCUT2D eigenvalue weighted by molar-refractivity contribution is -0.0937. The second-order valence-corrected chi connectivity index (χ2v) is 8.53. The molecule has 1 aromatic heterocycles. The number of nitrogens with zero attached hydrogens (tertiary/aromatic N) is 3. The fraction of sp³-hybridized carbons (Fsp3) is 0.522. The Morgan fingerprint density at radius 1 is 1.24 bits per heavy atom. The molecule has 0 spiro atoms. The fourth-order valence-electron chi connectivity index (χ4n) is 4.21. The smallest absolute Gasteiger partial charge is 0.410 e. The van der Waals surface area contributed by atoms with E-state index in [1.807, 2.05) is 6.92 Å². The highest BCUT2D eigenvalue weighted by Gasteiger charge is 2.43. The lowest BCUT2D eigenvalue weighted by atomic mass is 9.92. The predicted molar refractivity (Wildman–Crippen MR) is 117 cm³/mol. The SMILES string of the molecule is CCc1ccc(Nc2ncnc(OC3CC4COCC(C3)N4C(=O)OC(C)C)c2F)c(F)c1. The van der Waals surface area contributed by atoms with Crippen LogP contribution in [0, 0.1) is 11.6 Å². The Morgan fingerprint density at radius 2 is 1.97 bits per heavy atom. The van der Waals surface area contributed by atoms with Crippen molar-refractivity contribution >= 4 is 17.6 Å². The van der Waals surface area contributed by atoms with Crippen LogP contribution in [0.2, 0.25) is 0 Å². The zero-order valence-corrected chi connectivity index (χ0v) is 18.9. The zero-order chi connectivity index (χ0) is 23.5. The minimum atomic E-state index is -0.806. The van der Waals surface area contributed by atoms with Gasteiger partial charge in [0.05, 0.1) is 37.1 Å². The van der Waals surface area contributed by atoms with Gasteiger partial charge in [0.1, 0.15) is 18.2 Å². The third-order valence-corrected chi connectivity index (χ3v) is 5.76. The molecule has 4 rings (SSSR count). The minimum absolute atomic E-state index is 0.111. The maximum absolute atomic E-state index is 15.1. The zero-order valence-electron chi connectivity index (χ0n) is 18.9. The number of benzene rings is 1. The molecule has 1 aromatic carbocycles. The molecule has 1 N–H and O–H groups in total. The van der Waals surface area contributed by atoms with Crippen LogP contribution >= 0.6 is 0 Å². The number of halogens is 2. The molecule has 0 radical (unpaired) electrons. The van der Waals surface area contributed by atoms with Crippen LogP contribution in [-0.2, 0) is 15.9 Å². The van der Waals surface area contributed by atoms with Crippen molar-refractivity contribution in [3.63, 3.8) is 0 Å². The topological polar surface area (TPSA) is 85.8 Å². The average molecular weight is 462 g/mol. The molecule has 0 aliphatic carbocycles. The van der Waals surface area contributed by atoms with Gasteiger partial charge in [0.15, 0.2) is 5.82 Å². The quantitative estimate of drug-likeness (QED) is 0.688. The first kappa shape index (κ1) is 23.2. The molecule has 1 amide bonds. The Morgan fingerprint density at radius 3 is 2.61 bits per heavy atom. The number of carbonyl (C=O) groups excluding carboxylic acids is 1. The number of aryl methyl sites for hydroxylation is 1. The van der Waals surface area contributed by atoms with Crippen molar-refractivity contribution in [3.05, 3.63) is 41.7 Å². The van der Waals surface area contributed by atoms with Crippen LogP contribution < -0.4 is 10.1 Å². The molecule has 2 bridgehead atoms. The van der Waals surface area contributed by atoms with Crippen molar-refractivity contribution < 1.29 is 27.8 Å². The van der Waals surface area contributed by atoms with Crippen LogP contribution in [0.4, 0.5) is 25.1 Å². The molecule has 2 saturated heterocycles. The lowest BCUT2D eigenvalue weighted by Crippen LogP contribution is -2.61. The van der Waals surface area contributed by atoms with E-state index in [-0.39, 0.29) is 47.8 Å². The molecule has 0 saturated carbocycles. The molecular formula is C23H28F2N4O4. The summed E-state index contributed by atoms with van der Waals surface area (Å²) in [6.07, 6.45) is 1.78. The van der Waals surface area contributed by atoms with Gasteiger partial charge in [-0.25, -0.2) is 14.2 Å². The summed E-state index contributed by atoms with van der Waals surface area (Å²) in [7, 11) is 0. The maximum Gasteiger partial charge on any atom is 0.410 e. The third-order valence-electron chi connectivity index (χ3n) is 5.76. The second-order valence-electron chi connectivity index (χ2n) is 8.53. The molecule has 2 aliphatic heterocycles. The van der Waals surface area contributed by atoms with Gasteiger partial charge in [-0.1, -0.05) is 13.0 Å².